The Morgan fingerprint density at radius 2 is 2.23 bits per heavy atom. The van der Waals surface area contributed by atoms with Crippen LogP contribution in [0.1, 0.15) is 13.8 Å². The minimum Gasteiger partial charge on any atom is -0.383 e. The van der Waals surface area contributed by atoms with Crippen molar-refractivity contribution in [2.75, 3.05) is 20.8 Å². The van der Waals surface area contributed by atoms with Crippen LogP contribution in [0.2, 0.25) is 0 Å². The lowest BCUT2D eigenvalue weighted by Gasteiger charge is -2.40. The van der Waals surface area contributed by atoms with E-state index in [1.54, 1.807) is 14.2 Å². The van der Waals surface area contributed by atoms with Crippen molar-refractivity contribution >= 4 is 5.84 Å². The smallest absolute Gasteiger partial charge is 0.165 e. The molecule has 2 unspecified atom stereocenters. The highest BCUT2D eigenvalue weighted by Gasteiger charge is 2.67. The summed E-state index contributed by atoms with van der Waals surface area (Å²) >= 11 is 0. The van der Waals surface area contributed by atoms with Crippen LogP contribution in [0, 0.1) is 0 Å². The van der Waals surface area contributed by atoms with Crippen molar-refractivity contribution in [3.05, 3.63) is 24.2 Å². The molecular formula is C15H23N3O4. The van der Waals surface area contributed by atoms with Crippen LogP contribution in [0.5, 0.6) is 0 Å². The molecule has 3 heterocycles. The Kier molecular flexibility index (Phi) is 3.76. The number of fused-ring (bicyclic) bond motifs is 2. The number of hydrogen-bond donors (Lipinski definition) is 1. The molecule has 2 fully saturated rings. The average molecular weight is 309 g/mol. The van der Waals surface area contributed by atoms with Gasteiger partial charge in [-0.05, 0) is 13.8 Å². The fourth-order valence-electron chi connectivity index (χ4n) is 3.47. The molecule has 3 rings (SSSR count). The molecule has 2 bridgehead atoms. The third-order valence-corrected chi connectivity index (χ3v) is 4.63. The number of methoxy groups -OCH3 is 2. The van der Waals surface area contributed by atoms with Crippen LogP contribution in [-0.2, 0) is 18.9 Å². The van der Waals surface area contributed by atoms with Gasteiger partial charge >= 0.3 is 0 Å². The standard InChI is InChI=1S/C15H23N3O4/c1-8-6-18(10(3)17-13(8)16)14-11-12(20-5)15(22-14,7-19-4)9(2)21-11/h6,9,11-12,14H,3,7H2,1-2,4-5H3,(H2,16,17)/t9?,11-,12?,14+,15-/m0/s1. The molecular weight excluding hydrogens is 286 g/mol. The van der Waals surface area contributed by atoms with E-state index < -0.39 is 5.60 Å². The summed E-state index contributed by atoms with van der Waals surface area (Å²) in [6.45, 7) is 8.22. The first kappa shape index (κ1) is 15.5. The van der Waals surface area contributed by atoms with E-state index in [1.807, 2.05) is 24.9 Å². The maximum absolute atomic E-state index is 6.33. The Morgan fingerprint density at radius 3 is 2.86 bits per heavy atom. The molecule has 0 amide bonds. The molecule has 0 aromatic heterocycles. The van der Waals surface area contributed by atoms with E-state index in [2.05, 4.69) is 11.6 Å². The number of hydrogen-bond acceptors (Lipinski definition) is 7. The predicted molar refractivity (Wildman–Crippen MR) is 81.0 cm³/mol. The Balaban J connectivity index is 1.91. The normalized spacial score (nSPS) is 40.9. The van der Waals surface area contributed by atoms with E-state index in [1.165, 1.54) is 0 Å². The molecule has 122 valence electrons. The van der Waals surface area contributed by atoms with Crippen molar-refractivity contribution in [2.45, 2.75) is 44.0 Å². The number of ether oxygens (including phenoxy) is 4. The molecule has 2 N–H and O–H groups in total. The summed E-state index contributed by atoms with van der Waals surface area (Å²) in [6.07, 6.45) is 0.950. The highest BCUT2D eigenvalue weighted by Crippen LogP contribution is 2.47. The zero-order valence-electron chi connectivity index (χ0n) is 13.4. The van der Waals surface area contributed by atoms with Crippen molar-refractivity contribution in [3.8, 4) is 0 Å². The molecule has 0 aromatic carbocycles. The van der Waals surface area contributed by atoms with Crippen LogP contribution in [0.15, 0.2) is 29.2 Å². The fraction of sp³-hybridized carbons (Fsp3) is 0.667. The van der Waals surface area contributed by atoms with Crippen LogP contribution in [-0.4, -0.2) is 61.7 Å². The van der Waals surface area contributed by atoms with Crippen molar-refractivity contribution in [3.63, 3.8) is 0 Å². The van der Waals surface area contributed by atoms with Gasteiger partial charge in [-0.25, -0.2) is 4.99 Å². The van der Waals surface area contributed by atoms with Gasteiger partial charge in [0.2, 0.25) is 0 Å². The van der Waals surface area contributed by atoms with Gasteiger partial charge in [0.15, 0.2) is 6.23 Å². The van der Waals surface area contributed by atoms with E-state index in [-0.39, 0.29) is 24.5 Å². The first-order valence-corrected chi connectivity index (χ1v) is 7.30. The summed E-state index contributed by atoms with van der Waals surface area (Å²) in [6, 6.07) is 0. The molecule has 5 atom stereocenters. The van der Waals surface area contributed by atoms with Gasteiger partial charge in [0, 0.05) is 26.0 Å². The van der Waals surface area contributed by atoms with Gasteiger partial charge in [-0.2, -0.15) is 0 Å². The lowest BCUT2D eigenvalue weighted by Crippen LogP contribution is -2.52. The average Bonchev–Trinajstić information content (AvgIpc) is 2.91. The third-order valence-electron chi connectivity index (χ3n) is 4.63. The zero-order chi connectivity index (χ0) is 16.1. The SMILES string of the molecule is C=C1N=C(N)C(C)=CN1[C@@H]1O[C@@]2(COC)C(C)O[C@H]1C2OC. The highest BCUT2D eigenvalue weighted by molar-refractivity contribution is 5.97. The summed E-state index contributed by atoms with van der Waals surface area (Å²) in [7, 11) is 3.31. The van der Waals surface area contributed by atoms with Gasteiger partial charge in [0.1, 0.15) is 29.5 Å². The highest BCUT2D eigenvalue weighted by atomic mass is 16.7. The van der Waals surface area contributed by atoms with Crippen molar-refractivity contribution in [1.82, 2.24) is 4.90 Å². The molecule has 0 aliphatic carbocycles. The predicted octanol–water partition coefficient (Wildman–Crippen LogP) is 0.578. The summed E-state index contributed by atoms with van der Waals surface area (Å²) in [4.78, 5) is 6.11. The largest absolute Gasteiger partial charge is 0.383 e. The zero-order valence-corrected chi connectivity index (χ0v) is 13.4. The Bertz CT molecular complexity index is 547. The quantitative estimate of drug-likeness (QED) is 0.818. The number of aliphatic imine (C=N–C) groups is 1. The number of rotatable bonds is 4. The summed E-state index contributed by atoms with van der Waals surface area (Å²) < 4.78 is 23.4. The third kappa shape index (κ3) is 2.00. The summed E-state index contributed by atoms with van der Waals surface area (Å²) in [5.41, 5.74) is 6.06. The Morgan fingerprint density at radius 1 is 1.50 bits per heavy atom. The molecule has 2 saturated heterocycles. The maximum Gasteiger partial charge on any atom is 0.165 e. The van der Waals surface area contributed by atoms with Crippen molar-refractivity contribution < 1.29 is 18.9 Å². The lowest BCUT2D eigenvalue weighted by molar-refractivity contribution is -0.225. The molecule has 0 saturated carbocycles. The van der Waals surface area contributed by atoms with E-state index in [0.29, 0.717) is 18.3 Å². The van der Waals surface area contributed by atoms with Gasteiger partial charge in [0.25, 0.3) is 0 Å². The second kappa shape index (κ2) is 5.34. The van der Waals surface area contributed by atoms with Crippen LogP contribution in [0.3, 0.4) is 0 Å². The van der Waals surface area contributed by atoms with Crippen LogP contribution in [0.4, 0.5) is 0 Å². The molecule has 3 aliphatic heterocycles. The minimum atomic E-state index is -0.631. The van der Waals surface area contributed by atoms with Crippen LogP contribution in [0.25, 0.3) is 0 Å². The lowest BCUT2D eigenvalue weighted by atomic mass is 9.94. The maximum atomic E-state index is 6.33. The van der Waals surface area contributed by atoms with E-state index in [0.717, 1.165) is 5.57 Å². The second-order valence-electron chi connectivity index (χ2n) is 5.93. The number of amidine groups is 1. The Labute approximate surface area is 130 Å². The van der Waals surface area contributed by atoms with E-state index in [4.69, 9.17) is 24.7 Å². The van der Waals surface area contributed by atoms with Crippen molar-refractivity contribution in [1.29, 1.82) is 0 Å². The van der Waals surface area contributed by atoms with Gasteiger partial charge in [-0.15, -0.1) is 0 Å². The second-order valence-corrected chi connectivity index (χ2v) is 5.93. The number of nitrogens with zero attached hydrogens (tertiary/aromatic N) is 2. The van der Waals surface area contributed by atoms with Gasteiger partial charge < -0.3 is 29.6 Å². The van der Waals surface area contributed by atoms with E-state index >= 15 is 0 Å². The Hall–Kier alpha value is -1.41. The van der Waals surface area contributed by atoms with Crippen LogP contribution < -0.4 is 5.73 Å². The minimum absolute atomic E-state index is 0.115. The van der Waals surface area contributed by atoms with Gasteiger partial charge in [-0.3, -0.25) is 0 Å². The van der Waals surface area contributed by atoms with Crippen molar-refractivity contribution in [2.24, 2.45) is 10.7 Å². The summed E-state index contributed by atoms with van der Waals surface area (Å²) in [5, 5.41) is 0. The fourth-order valence-corrected chi connectivity index (χ4v) is 3.47. The van der Waals surface area contributed by atoms with Gasteiger partial charge in [-0.1, -0.05) is 6.58 Å². The molecule has 7 nitrogen and oxygen atoms in total. The van der Waals surface area contributed by atoms with Gasteiger partial charge in [0.05, 0.1) is 12.7 Å². The topological polar surface area (TPSA) is 78.5 Å². The molecule has 0 radical (unpaired) electrons. The molecule has 0 spiro atoms. The molecule has 0 aromatic rings. The molecule has 7 heteroatoms. The molecule has 3 aliphatic rings. The first-order chi connectivity index (χ1) is 10.4. The number of nitrogens with two attached hydrogens (primary N) is 1. The molecule has 22 heavy (non-hydrogen) atoms. The first-order valence-electron chi connectivity index (χ1n) is 7.30. The summed E-state index contributed by atoms with van der Waals surface area (Å²) in [5.74, 6) is 0.993. The van der Waals surface area contributed by atoms with E-state index in [9.17, 15) is 0 Å². The van der Waals surface area contributed by atoms with Crippen LogP contribution >= 0.6 is 0 Å². The monoisotopic (exact) mass is 309 g/mol.